The van der Waals surface area contributed by atoms with Gasteiger partial charge in [0.25, 0.3) is 0 Å². The van der Waals surface area contributed by atoms with Crippen molar-refractivity contribution in [1.82, 2.24) is 4.72 Å². The summed E-state index contributed by atoms with van der Waals surface area (Å²) in [5, 5.41) is 0.313. The summed E-state index contributed by atoms with van der Waals surface area (Å²) in [5.74, 6) is 1.34. The molecule has 0 spiro atoms. The number of ether oxygens (including phenoxy) is 3. The van der Waals surface area contributed by atoms with E-state index in [-0.39, 0.29) is 10.6 Å². The van der Waals surface area contributed by atoms with Gasteiger partial charge in [0.15, 0.2) is 11.5 Å². The number of halogens is 1. The minimum Gasteiger partial charge on any atom is -0.493 e. The molecule has 0 saturated carbocycles. The van der Waals surface area contributed by atoms with Crippen molar-refractivity contribution >= 4 is 21.6 Å². The first-order chi connectivity index (χ1) is 12.3. The van der Waals surface area contributed by atoms with E-state index in [1.54, 1.807) is 44.2 Å². The van der Waals surface area contributed by atoms with Gasteiger partial charge in [-0.05, 0) is 49.7 Å². The molecule has 0 fully saturated rings. The van der Waals surface area contributed by atoms with Gasteiger partial charge in [-0.15, -0.1) is 0 Å². The highest BCUT2D eigenvalue weighted by molar-refractivity contribution is 7.89. The molecule has 8 heteroatoms. The Hall–Kier alpha value is -1.96. The molecule has 2 rings (SSSR count). The highest BCUT2D eigenvalue weighted by Gasteiger charge is 2.23. The van der Waals surface area contributed by atoms with Crippen molar-refractivity contribution in [2.75, 3.05) is 20.8 Å². The Kier molecular flexibility index (Phi) is 6.75. The summed E-state index contributed by atoms with van der Waals surface area (Å²) in [4.78, 5) is -0.000762. The predicted molar refractivity (Wildman–Crippen MR) is 101 cm³/mol. The number of hydrogen-bond acceptors (Lipinski definition) is 5. The van der Waals surface area contributed by atoms with Crippen LogP contribution in [0.3, 0.4) is 0 Å². The molecule has 0 aliphatic heterocycles. The molecule has 0 aliphatic carbocycles. The molecular weight excluding hydrogens is 378 g/mol. The van der Waals surface area contributed by atoms with E-state index >= 15 is 0 Å². The van der Waals surface area contributed by atoms with Gasteiger partial charge in [-0.3, -0.25) is 0 Å². The number of hydrogen-bond donors (Lipinski definition) is 1. The Bertz CT molecular complexity index is 870. The zero-order valence-corrected chi connectivity index (χ0v) is 16.6. The lowest BCUT2D eigenvalue weighted by molar-refractivity contribution is 0.331. The molecule has 0 saturated heterocycles. The van der Waals surface area contributed by atoms with Gasteiger partial charge in [-0.2, -0.15) is 0 Å². The maximum absolute atomic E-state index is 12.8. The van der Waals surface area contributed by atoms with Gasteiger partial charge < -0.3 is 14.2 Å². The van der Waals surface area contributed by atoms with E-state index in [4.69, 9.17) is 25.8 Å². The van der Waals surface area contributed by atoms with E-state index in [2.05, 4.69) is 4.72 Å². The Balaban J connectivity index is 2.33. The van der Waals surface area contributed by atoms with Gasteiger partial charge in [0.05, 0.1) is 20.8 Å². The Morgan fingerprint density at radius 3 is 2.31 bits per heavy atom. The summed E-state index contributed by atoms with van der Waals surface area (Å²) in [6.07, 6.45) is 0. The molecule has 26 heavy (non-hydrogen) atoms. The Morgan fingerprint density at radius 1 is 1.04 bits per heavy atom. The van der Waals surface area contributed by atoms with Crippen molar-refractivity contribution in [3.8, 4) is 17.2 Å². The maximum atomic E-state index is 12.8. The maximum Gasteiger partial charge on any atom is 0.244 e. The summed E-state index contributed by atoms with van der Waals surface area (Å²) >= 11 is 5.97. The van der Waals surface area contributed by atoms with Crippen molar-refractivity contribution in [3.05, 3.63) is 47.0 Å². The molecule has 0 bridgehead atoms. The summed E-state index contributed by atoms with van der Waals surface area (Å²) in [6.45, 7) is 3.86. The van der Waals surface area contributed by atoms with Crippen LogP contribution in [0.15, 0.2) is 41.3 Å². The molecule has 6 nitrogen and oxygen atoms in total. The van der Waals surface area contributed by atoms with Crippen LogP contribution >= 0.6 is 11.6 Å². The zero-order chi connectivity index (χ0) is 19.3. The van der Waals surface area contributed by atoms with Crippen LogP contribution in [0.2, 0.25) is 5.02 Å². The van der Waals surface area contributed by atoms with Crippen LogP contribution in [-0.4, -0.2) is 29.2 Å². The first-order valence-corrected chi connectivity index (χ1v) is 9.85. The third-order valence-electron chi connectivity index (χ3n) is 3.73. The van der Waals surface area contributed by atoms with E-state index in [9.17, 15) is 8.42 Å². The van der Waals surface area contributed by atoms with Crippen molar-refractivity contribution in [1.29, 1.82) is 0 Å². The lowest BCUT2D eigenvalue weighted by Gasteiger charge is -2.18. The highest BCUT2D eigenvalue weighted by atomic mass is 35.5. The monoisotopic (exact) mass is 399 g/mol. The van der Waals surface area contributed by atoms with E-state index in [0.717, 1.165) is 5.56 Å². The average molecular weight is 400 g/mol. The largest absolute Gasteiger partial charge is 0.493 e. The summed E-state index contributed by atoms with van der Waals surface area (Å²) < 4.78 is 44.2. The molecule has 0 heterocycles. The number of nitrogens with one attached hydrogen (secondary N) is 1. The molecular formula is C18H22ClNO5S. The first kappa shape index (κ1) is 20.4. The van der Waals surface area contributed by atoms with Crippen molar-refractivity contribution in [2.24, 2.45) is 0 Å². The highest BCUT2D eigenvalue weighted by Crippen LogP contribution is 2.32. The second-order valence-corrected chi connectivity index (χ2v) is 7.60. The molecule has 0 unspecified atom stereocenters. The SMILES string of the molecule is CCOc1ccc(Cl)cc1S(=O)(=O)N[C@@H](C)c1ccc(OC)c(OC)c1. The van der Waals surface area contributed by atoms with Gasteiger partial charge in [0, 0.05) is 11.1 Å². The average Bonchev–Trinajstić information content (AvgIpc) is 2.62. The van der Waals surface area contributed by atoms with Crippen LogP contribution in [-0.2, 0) is 10.0 Å². The van der Waals surface area contributed by atoms with E-state index in [1.807, 2.05) is 0 Å². The molecule has 2 aromatic rings. The first-order valence-electron chi connectivity index (χ1n) is 7.99. The minimum atomic E-state index is -3.85. The van der Waals surface area contributed by atoms with Crippen LogP contribution in [0.1, 0.15) is 25.5 Å². The molecule has 1 N–H and O–H groups in total. The molecule has 0 aliphatic rings. The quantitative estimate of drug-likeness (QED) is 0.730. The lowest BCUT2D eigenvalue weighted by atomic mass is 10.1. The van der Waals surface area contributed by atoms with Crippen molar-refractivity contribution in [2.45, 2.75) is 24.8 Å². The third kappa shape index (κ3) is 4.60. The fraction of sp³-hybridized carbons (Fsp3) is 0.333. The van der Waals surface area contributed by atoms with Gasteiger partial charge in [-0.25, -0.2) is 13.1 Å². The smallest absolute Gasteiger partial charge is 0.244 e. The molecule has 142 valence electrons. The summed E-state index contributed by atoms with van der Waals surface area (Å²) in [7, 11) is -0.785. The topological polar surface area (TPSA) is 73.9 Å². The standard InChI is InChI=1S/C18H22ClNO5S/c1-5-25-16-9-7-14(19)11-18(16)26(21,22)20-12(2)13-6-8-15(23-3)17(10-13)24-4/h6-12,20H,5H2,1-4H3/t12-/m0/s1. The second kappa shape index (κ2) is 8.62. The summed E-state index contributed by atoms with van der Waals surface area (Å²) in [5.41, 5.74) is 0.728. The molecule has 0 aromatic heterocycles. The minimum absolute atomic E-state index is 0.000762. The summed E-state index contributed by atoms with van der Waals surface area (Å²) in [6, 6.07) is 9.22. The van der Waals surface area contributed by atoms with E-state index in [1.165, 1.54) is 20.3 Å². The van der Waals surface area contributed by atoms with E-state index in [0.29, 0.717) is 23.1 Å². The molecule has 0 radical (unpaired) electrons. The van der Waals surface area contributed by atoms with Crippen molar-refractivity contribution in [3.63, 3.8) is 0 Å². The Labute approximate surface area is 159 Å². The fourth-order valence-electron chi connectivity index (χ4n) is 2.45. The van der Waals surface area contributed by atoms with Crippen molar-refractivity contribution < 1.29 is 22.6 Å². The number of methoxy groups -OCH3 is 2. The normalized spacial score (nSPS) is 12.5. The van der Waals surface area contributed by atoms with Crippen LogP contribution in [0, 0.1) is 0 Å². The fourth-order valence-corrected chi connectivity index (χ4v) is 4.09. The van der Waals surface area contributed by atoms with Gasteiger partial charge in [0.2, 0.25) is 10.0 Å². The molecule has 0 amide bonds. The van der Waals surface area contributed by atoms with Gasteiger partial charge in [-0.1, -0.05) is 17.7 Å². The molecule has 2 aromatic carbocycles. The van der Waals surface area contributed by atoms with Crippen LogP contribution < -0.4 is 18.9 Å². The van der Waals surface area contributed by atoms with Crippen LogP contribution in [0.25, 0.3) is 0 Å². The predicted octanol–water partition coefficient (Wildman–Crippen LogP) is 3.80. The van der Waals surface area contributed by atoms with E-state index < -0.39 is 16.1 Å². The number of rotatable bonds is 8. The second-order valence-electron chi connectivity index (χ2n) is 5.48. The van der Waals surface area contributed by atoms with Gasteiger partial charge >= 0.3 is 0 Å². The van der Waals surface area contributed by atoms with Crippen LogP contribution in [0.4, 0.5) is 0 Å². The number of sulfonamides is 1. The van der Waals surface area contributed by atoms with Gasteiger partial charge in [0.1, 0.15) is 10.6 Å². The van der Waals surface area contributed by atoms with Crippen LogP contribution in [0.5, 0.6) is 17.2 Å². The number of benzene rings is 2. The zero-order valence-electron chi connectivity index (χ0n) is 15.1. The Morgan fingerprint density at radius 2 is 1.69 bits per heavy atom. The third-order valence-corrected chi connectivity index (χ3v) is 5.53. The lowest BCUT2D eigenvalue weighted by Crippen LogP contribution is -2.27. The molecule has 1 atom stereocenters.